The summed E-state index contributed by atoms with van der Waals surface area (Å²) >= 11 is 2.56. The molecule has 4 aromatic carbocycles. The number of thiophene rings is 1. The summed E-state index contributed by atoms with van der Waals surface area (Å²) in [5.41, 5.74) is 0.213. The van der Waals surface area contributed by atoms with Gasteiger partial charge in [0.25, 0.3) is 11.8 Å². The Morgan fingerprint density at radius 2 is 1.39 bits per heavy atom. The van der Waals surface area contributed by atoms with Crippen molar-refractivity contribution in [3.05, 3.63) is 154 Å². The lowest BCUT2D eigenvalue weighted by Crippen LogP contribution is -2.30. The van der Waals surface area contributed by atoms with E-state index in [9.17, 15) is 27.6 Å². The van der Waals surface area contributed by atoms with Gasteiger partial charge in [0.2, 0.25) is 5.91 Å². The van der Waals surface area contributed by atoms with Crippen molar-refractivity contribution in [3.8, 4) is 0 Å². The third-order valence-electron chi connectivity index (χ3n) is 6.56. The first-order chi connectivity index (χ1) is 22.2. The van der Waals surface area contributed by atoms with Crippen LogP contribution in [0.15, 0.2) is 137 Å². The van der Waals surface area contributed by atoms with E-state index in [0.717, 1.165) is 22.7 Å². The summed E-state index contributed by atoms with van der Waals surface area (Å²) in [5, 5.41) is 8.91. The van der Waals surface area contributed by atoms with Gasteiger partial charge < -0.3 is 16.0 Å². The Morgan fingerprint density at radius 3 is 2.04 bits per heavy atom. The van der Waals surface area contributed by atoms with E-state index >= 15 is 0 Å². The highest BCUT2D eigenvalue weighted by Gasteiger charge is 2.34. The van der Waals surface area contributed by atoms with Crippen LogP contribution in [0.5, 0.6) is 0 Å². The quantitative estimate of drug-likeness (QED) is 0.104. The Balaban J connectivity index is 1.32. The maximum atomic E-state index is 13.6. The van der Waals surface area contributed by atoms with Gasteiger partial charge in [-0.15, -0.1) is 23.1 Å². The fraction of sp³-hybridized carbons (Fsp3) is 0.0571. The number of anilines is 2. The summed E-state index contributed by atoms with van der Waals surface area (Å²) in [6.07, 6.45) is -3.05. The smallest absolute Gasteiger partial charge is 0.324 e. The molecule has 0 radical (unpaired) electrons. The molecule has 0 aliphatic carbocycles. The summed E-state index contributed by atoms with van der Waals surface area (Å²) in [5.74, 6) is -1.60. The van der Waals surface area contributed by atoms with Crippen LogP contribution in [0.1, 0.15) is 31.6 Å². The van der Waals surface area contributed by atoms with Crippen LogP contribution in [0.2, 0.25) is 0 Å². The number of carbonyl (C=O) groups excluding carboxylic acids is 3. The van der Waals surface area contributed by atoms with Crippen molar-refractivity contribution >= 4 is 58.3 Å². The summed E-state index contributed by atoms with van der Waals surface area (Å²) in [6, 6.07) is 32.4. The molecule has 0 fully saturated rings. The molecule has 1 atom stereocenters. The Kier molecular flexibility index (Phi) is 10.4. The van der Waals surface area contributed by atoms with Crippen molar-refractivity contribution in [2.75, 3.05) is 10.6 Å². The molecule has 1 heterocycles. The van der Waals surface area contributed by atoms with E-state index in [2.05, 4.69) is 16.0 Å². The zero-order chi connectivity index (χ0) is 32.5. The number of hydrogen-bond donors (Lipinski definition) is 3. The van der Waals surface area contributed by atoms with Gasteiger partial charge in [-0.05, 0) is 71.6 Å². The zero-order valence-electron chi connectivity index (χ0n) is 24.0. The number of benzene rings is 4. The Labute approximate surface area is 271 Å². The minimum atomic E-state index is -4.64. The van der Waals surface area contributed by atoms with Crippen LogP contribution >= 0.6 is 23.1 Å². The molecule has 6 nitrogen and oxygen atoms in total. The van der Waals surface area contributed by atoms with Crippen molar-refractivity contribution < 1.29 is 27.6 Å². The molecule has 0 saturated carbocycles. The van der Waals surface area contributed by atoms with Gasteiger partial charge in [-0.25, -0.2) is 0 Å². The highest BCUT2D eigenvalue weighted by Crippen LogP contribution is 2.39. The van der Waals surface area contributed by atoms with Crippen LogP contribution < -0.4 is 16.0 Å². The minimum absolute atomic E-state index is 0.0507. The van der Waals surface area contributed by atoms with Gasteiger partial charge in [-0.3, -0.25) is 14.4 Å². The predicted molar refractivity (Wildman–Crippen MR) is 176 cm³/mol. The van der Waals surface area contributed by atoms with Gasteiger partial charge in [0.15, 0.2) is 0 Å². The van der Waals surface area contributed by atoms with E-state index in [0.29, 0.717) is 21.7 Å². The third-order valence-corrected chi connectivity index (χ3v) is 8.64. The Morgan fingerprint density at radius 1 is 0.739 bits per heavy atom. The Hall–Kier alpha value is -5.13. The zero-order valence-corrected chi connectivity index (χ0v) is 25.6. The van der Waals surface area contributed by atoms with Crippen molar-refractivity contribution in [1.29, 1.82) is 0 Å². The highest BCUT2D eigenvalue weighted by molar-refractivity contribution is 8.00. The number of hydrogen-bond acceptors (Lipinski definition) is 5. The number of thioether (sulfide) groups is 1. The number of amides is 3. The topological polar surface area (TPSA) is 87.3 Å². The standard InChI is InChI=1S/C35H26F3N3O3S2/c36-35(37,38)28-15-7-8-16-29(28)40-34(44)31(23-10-3-1-4-11-23)46-26-19-17-25(18-20-26)39-33(43)30(22-27-14-9-21-45-27)41-32(42)24-12-5-2-6-13-24/h1-22,31H,(H,39,43)(H,40,44)(H,41,42)/b30-22-. The van der Waals surface area contributed by atoms with Crippen molar-refractivity contribution in [1.82, 2.24) is 5.32 Å². The van der Waals surface area contributed by atoms with Gasteiger partial charge in [-0.1, -0.05) is 66.7 Å². The van der Waals surface area contributed by atoms with Crippen molar-refractivity contribution in [3.63, 3.8) is 0 Å². The second kappa shape index (κ2) is 14.8. The van der Waals surface area contributed by atoms with Crippen molar-refractivity contribution in [2.45, 2.75) is 16.3 Å². The van der Waals surface area contributed by atoms with Crippen LogP contribution in [0, 0.1) is 0 Å². The summed E-state index contributed by atoms with van der Waals surface area (Å²) in [7, 11) is 0. The van der Waals surface area contributed by atoms with E-state index < -0.39 is 34.7 Å². The number of nitrogens with one attached hydrogen (secondary N) is 3. The lowest BCUT2D eigenvalue weighted by molar-refractivity contribution is -0.137. The summed E-state index contributed by atoms with van der Waals surface area (Å²) < 4.78 is 40.7. The molecule has 0 aliphatic rings. The minimum Gasteiger partial charge on any atom is -0.324 e. The molecule has 3 amide bonds. The summed E-state index contributed by atoms with van der Waals surface area (Å²) in [6.45, 7) is 0. The van der Waals surface area contributed by atoms with Gasteiger partial charge >= 0.3 is 6.18 Å². The number of carbonyl (C=O) groups is 3. The summed E-state index contributed by atoms with van der Waals surface area (Å²) in [4.78, 5) is 40.9. The van der Waals surface area contributed by atoms with Crippen LogP contribution in [-0.4, -0.2) is 17.7 Å². The maximum Gasteiger partial charge on any atom is 0.418 e. The predicted octanol–water partition coefficient (Wildman–Crippen LogP) is 8.65. The molecule has 0 bridgehead atoms. The molecular formula is C35H26F3N3O3S2. The highest BCUT2D eigenvalue weighted by atomic mass is 32.2. The second-order valence-electron chi connectivity index (χ2n) is 9.81. The van der Waals surface area contributed by atoms with Crippen LogP contribution in [-0.2, 0) is 15.8 Å². The molecule has 5 rings (SSSR count). The largest absolute Gasteiger partial charge is 0.418 e. The molecule has 0 aliphatic heterocycles. The van der Waals surface area contributed by atoms with Gasteiger partial charge in [0.05, 0.1) is 11.3 Å². The average Bonchev–Trinajstić information content (AvgIpc) is 3.58. The van der Waals surface area contributed by atoms with E-state index in [1.807, 2.05) is 17.5 Å². The van der Waals surface area contributed by atoms with E-state index in [4.69, 9.17) is 0 Å². The average molecular weight is 658 g/mol. The Bertz CT molecular complexity index is 1830. The van der Waals surface area contributed by atoms with E-state index in [1.165, 1.54) is 29.5 Å². The first-order valence-corrected chi connectivity index (χ1v) is 15.6. The number of halogens is 3. The van der Waals surface area contributed by atoms with Crippen molar-refractivity contribution in [2.24, 2.45) is 0 Å². The fourth-order valence-electron chi connectivity index (χ4n) is 4.35. The molecule has 0 spiro atoms. The van der Waals surface area contributed by atoms with Crippen LogP contribution in [0.3, 0.4) is 0 Å². The normalized spacial score (nSPS) is 12.2. The molecule has 0 saturated heterocycles. The molecule has 46 heavy (non-hydrogen) atoms. The molecule has 1 aromatic heterocycles. The lowest BCUT2D eigenvalue weighted by atomic mass is 10.1. The first kappa shape index (κ1) is 32.3. The third kappa shape index (κ3) is 8.52. The number of para-hydroxylation sites is 1. The van der Waals surface area contributed by atoms with Gasteiger partial charge in [0, 0.05) is 21.0 Å². The molecule has 11 heteroatoms. The van der Waals surface area contributed by atoms with Gasteiger partial charge in [-0.2, -0.15) is 13.2 Å². The van der Waals surface area contributed by atoms with Gasteiger partial charge in [0.1, 0.15) is 10.9 Å². The SMILES string of the molecule is O=C(Nc1ccc(SC(C(=O)Nc2ccccc2C(F)(F)F)c2ccccc2)cc1)/C(=C/c1cccs1)NC(=O)c1ccccc1. The monoisotopic (exact) mass is 657 g/mol. The molecule has 1 unspecified atom stereocenters. The molecule has 232 valence electrons. The van der Waals surface area contributed by atoms with Crippen LogP contribution in [0.25, 0.3) is 6.08 Å². The van der Waals surface area contributed by atoms with Crippen LogP contribution in [0.4, 0.5) is 24.5 Å². The number of rotatable bonds is 10. The molecular weight excluding hydrogens is 632 g/mol. The lowest BCUT2D eigenvalue weighted by Gasteiger charge is -2.19. The molecule has 5 aromatic rings. The van der Waals surface area contributed by atoms with E-state index in [-0.39, 0.29) is 11.4 Å². The maximum absolute atomic E-state index is 13.6. The molecule has 3 N–H and O–H groups in total. The first-order valence-electron chi connectivity index (χ1n) is 13.9. The second-order valence-corrected chi connectivity index (χ2v) is 12.0. The fourth-order valence-corrected chi connectivity index (χ4v) is 6.03. The number of alkyl halides is 3. The van der Waals surface area contributed by atoms with E-state index in [1.54, 1.807) is 91.0 Å².